The Morgan fingerprint density at radius 3 is 2.19 bits per heavy atom. The highest BCUT2D eigenvalue weighted by Gasteiger charge is 2.46. The molecule has 0 bridgehead atoms. The van der Waals surface area contributed by atoms with Crippen molar-refractivity contribution in [3.63, 3.8) is 0 Å². The maximum atomic E-state index is 13.0. The number of rotatable bonds is 6. The molecule has 1 fully saturated rings. The lowest BCUT2D eigenvalue weighted by Gasteiger charge is -2.20. The van der Waals surface area contributed by atoms with Gasteiger partial charge in [-0.3, -0.25) is 9.59 Å². The van der Waals surface area contributed by atoms with E-state index in [9.17, 15) is 18.8 Å². The van der Waals surface area contributed by atoms with Gasteiger partial charge in [0, 0.05) is 5.56 Å². The fraction of sp³-hybridized carbons (Fsp3) is 0.211. The number of quaternary nitrogens is 1. The van der Waals surface area contributed by atoms with Crippen LogP contribution >= 0.6 is 0 Å². The molecule has 0 aromatic heterocycles. The summed E-state index contributed by atoms with van der Waals surface area (Å²) < 4.78 is 18.0. The predicted molar refractivity (Wildman–Crippen MR) is 94.6 cm³/mol. The zero-order valence-corrected chi connectivity index (χ0v) is 14.9. The number of benzene rings is 2. The van der Waals surface area contributed by atoms with Crippen molar-refractivity contribution in [2.45, 2.75) is 6.54 Å². The number of hydrogen-bond donors (Lipinski definition) is 1. The second-order valence-corrected chi connectivity index (χ2v) is 6.27. The largest absolute Gasteiger partial charge is 0.497 e. The molecule has 3 rings (SSSR count). The molecule has 8 heteroatoms. The van der Waals surface area contributed by atoms with Crippen LogP contribution in [0.3, 0.4) is 0 Å². The standard InChI is InChI=1S/C19H18FN3O4/c1-21(11-13-3-5-14(20)6-4-13)12-22-17(24)18(25)23(19(22)26)15-7-9-16(27-2)10-8-15/h3-10H,11-12H2,1-2H3/p+1. The van der Waals surface area contributed by atoms with Crippen LogP contribution in [0, 0.1) is 5.82 Å². The van der Waals surface area contributed by atoms with Crippen molar-refractivity contribution in [3.8, 4) is 5.75 Å². The Hall–Kier alpha value is -3.26. The average molecular weight is 372 g/mol. The maximum Gasteiger partial charge on any atom is 0.343 e. The van der Waals surface area contributed by atoms with Crippen molar-refractivity contribution >= 4 is 23.5 Å². The summed E-state index contributed by atoms with van der Waals surface area (Å²) in [5, 5.41) is 0. The van der Waals surface area contributed by atoms with Gasteiger partial charge in [0.25, 0.3) is 0 Å². The number of anilines is 1. The molecule has 1 saturated heterocycles. The van der Waals surface area contributed by atoms with E-state index in [1.807, 2.05) is 0 Å². The van der Waals surface area contributed by atoms with Crippen LogP contribution in [-0.2, 0) is 16.1 Å². The molecule has 2 aromatic carbocycles. The average Bonchev–Trinajstić information content (AvgIpc) is 2.87. The van der Waals surface area contributed by atoms with Crippen molar-refractivity contribution in [3.05, 3.63) is 59.9 Å². The highest BCUT2D eigenvalue weighted by Crippen LogP contribution is 2.24. The van der Waals surface area contributed by atoms with E-state index in [1.165, 1.54) is 19.2 Å². The highest BCUT2D eigenvalue weighted by molar-refractivity contribution is 6.52. The number of halogens is 1. The fourth-order valence-corrected chi connectivity index (χ4v) is 2.88. The molecule has 1 N–H and O–H groups in total. The van der Waals surface area contributed by atoms with Gasteiger partial charge in [-0.15, -0.1) is 0 Å². The van der Waals surface area contributed by atoms with Gasteiger partial charge in [0.2, 0.25) is 0 Å². The topological polar surface area (TPSA) is 71.4 Å². The Morgan fingerprint density at radius 1 is 0.963 bits per heavy atom. The van der Waals surface area contributed by atoms with Crippen LogP contribution in [0.15, 0.2) is 48.5 Å². The molecule has 1 aliphatic heterocycles. The van der Waals surface area contributed by atoms with E-state index in [0.29, 0.717) is 18.0 Å². The van der Waals surface area contributed by atoms with Crippen LogP contribution in [0.5, 0.6) is 5.75 Å². The number of nitrogens with zero attached hydrogens (tertiary/aromatic N) is 2. The Kier molecular flexibility index (Phi) is 5.18. The molecule has 0 saturated carbocycles. The lowest BCUT2D eigenvalue weighted by Crippen LogP contribution is -3.09. The minimum Gasteiger partial charge on any atom is -0.497 e. The molecule has 1 unspecified atom stereocenters. The number of urea groups is 1. The first kappa shape index (κ1) is 18.5. The molecule has 7 nitrogen and oxygen atoms in total. The fourth-order valence-electron chi connectivity index (χ4n) is 2.88. The third-order valence-electron chi connectivity index (χ3n) is 4.23. The van der Waals surface area contributed by atoms with E-state index >= 15 is 0 Å². The highest BCUT2D eigenvalue weighted by atomic mass is 19.1. The first-order valence-corrected chi connectivity index (χ1v) is 8.30. The molecule has 1 atom stereocenters. The normalized spacial score (nSPS) is 15.4. The van der Waals surface area contributed by atoms with Crippen LogP contribution in [0.25, 0.3) is 0 Å². The van der Waals surface area contributed by atoms with Gasteiger partial charge in [0.05, 0.1) is 19.8 Å². The van der Waals surface area contributed by atoms with Crippen LogP contribution in [0.1, 0.15) is 5.56 Å². The third kappa shape index (κ3) is 3.80. The van der Waals surface area contributed by atoms with Gasteiger partial charge in [-0.05, 0) is 36.4 Å². The van der Waals surface area contributed by atoms with E-state index in [2.05, 4.69) is 0 Å². The molecule has 0 radical (unpaired) electrons. The summed E-state index contributed by atoms with van der Waals surface area (Å²) in [5.41, 5.74) is 1.16. The van der Waals surface area contributed by atoms with E-state index in [4.69, 9.17) is 4.74 Å². The Bertz CT molecular complexity index is 868. The first-order chi connectivity index (χ1) is 12.9. The first-order valence-electron chi connectivity index (χ1n) is 8.30. The van der Waals surface area contributed by atoms with Gasteiger partial charge in [-0.25, -0.2) is 19.0 Å². The van der Waals surface area contributed by atoms with Gasteiger partial charge in [-0.2, -0.15) is 0 Å². The number of hydrogen-bond acceptors (Lipinski definition) is 4. The van der Waals surface area contributed by atoms with E-state index in [1.54, 1.807) is 43.4 Å². The summed E-state index contributed by atoms with van der Waals surface area (Å²) in [6.07, 6.45) is 0. The number of nitrogens with one attached hydrogen (secondary N) is 1. The van der Waals surface area contributed by atoms with Crippen molar-refractivity contribution in [2.75, 3.05) is 25.7 Å². The lowest BCUT2D eigenvalue weighted by atomic mass is 10.2. The van der Waals surface area contributed by atoms with Gasteiger partial charge in [0.1, 0.15) is 18.1 Å². The number of amides is 4. The van der Waals surface area contributed by atoms with Crippen molar-refractivity contribution in [1.82, 2.24) is 4.90 Å². The zero-order valence-electron chi connectivity index (χ0n) is 14.9. The summed E-state index contributed by atoms with van der Waals surface area (Å²) >= 11 is 0. The molecule has 4 amide bonds. The summed E-state index contributed by atoms with van der Waals surface area (Å²) in [6.45, 7) is 0.488. The zero-order chi connectivity index (χ0) is 19.6. The number of imide groups is 2. The van der Waals surface area contributed by atoms with Crippen LogP contribution < -0.4 is 14.5 Å². The quantitative estimate of drug-likeness (QED) is 0.602. The lowest BCUT2D eigenvalue weighted by molar-refractivity contribution is -0.901. The Balaban J connectivity index is 1.72. The molecule has 0 spiro atoms. The molecular weight excluding hydrogens is 353 g/mol. The SMILES string of the molecule is COc1ccc(N2C(=O)C(=O)N(C[NH+](C)Cc3ccc(F)cc3)C2=O)cc1. The predicted octanol–water partition coefficient (Wildman–Crippen LogP) is 0.802. The van der Waals surface area contributed by atoms with Gasteiger partial charge >= 0.3 is 17.8 Å². The van der Waals surface area contributed by atoms with Gasteiger partial charge in [0.15, 0.2) is 6.67 Å². The van der Waals surface area contributed by atoms with Crippen LogP contribution in [0.4, 0.5) is 14.9 Å². The number of carbonyl (C=O) groups excluding carboxylic acids is 3. The molecular formula is C19H19FN3O4+. The Morgan fingerprint density at radius 2 is 1.59 bits per heavy atom. The molecule has 2 aromatic rings. The minimum atomic E-state index is -0.889. The van der Waals surface area contributed by atoms with Crippen molar-refractivity contribution in [2.24, 2.45) is 0 Å². The Labute approximate surface area is 155 Å². The molecule has 1 aliphatic rings. The third-order valence-corrected chi connectivity index (χ3v) is 4.23. The molecule has 0 aliphatic carbocycles. The van der Waals surface area contributed by atoms with Crippen molar-refractivity contribution < 1.29 is 28.4 Å². The summed E-state index contributed by atoms with van der Waals surface area (Å²) in [5.74, 6) is -1.51. The van der Waals surface area contributed by atoms with Gasteiger partial charge < -0.3 is 9.64 Å². The van der Waals surface area contributed by atoms with E-state index in [-0.39, 0.29) is 12.5 Å². The van der Waals surface area contributed by atoms with Crippen LogP contribution in [0.2, 0.25) is 0 Å². The van der Waals surface area contributed by atoms with Gasteiger partial charge in [-0.1, -0.05) is 12.1 Å². The second kappa shape index (κ2) is 7.55. The van der Waals surface area contributed by atoms with Crippen molar-refractivity contribution in [1.29, 1.82) is 0 Å². The maximum absolute atomic E-state index is 13.0. The molecule has 1 heterocycles. The number of methoxy groups -OCH3 is 1. The summed E-state index contributed by atoms with van der Waals surface area (Å²) in [6, 6.07) is 11.6. The second-order valence-electron chi connectivity index (χ2n) is 6.27. The smallest absolute Gasteiger partial charge is 0.343 e. The minimum absolute atomic E-state index is 0.0213. The number of carbonyl (C=O) groups is 3. The summed E-state index contributed by atoms with van der Waals surface area (Å²) in [7, 11) is 3.29. The van der Waals surface area contributed by atoms with E-state index in [0.717, 1.165) is 20.3 Å². The monoisotopic (exact) mass is 372 g/mol. The summed E-state index contributed by atoms with van der Waals surface area (Å²) in [4.78, 5) is 39.8. The van der Waals surface area contributed by atoms with E-state index < -0.39 is 17.8 Å². The van der Waals surface area contributed by atoms with Crippen LogP contribution in [-0.4, -0.2) is 43.6 Å². The molecule has 140 valence electrons. The molecule has 27 heavy (non-hydrogen) atoms. The number of ether oxygens (including phenoxy) is 1.